The van der Waals surface area contributed by atoms with Crippen molar-refractivity contribution in [1.82, 2.24) is 9.80 Å². The first kappa shape index (κ1) is 11.9. The van der Waals surface area contributed by atoms with Gasteiger partial charge in [0.05, 0.1) is 6.10 Å². The number of hydrogen-bond acceptors (Lipinski definition) is 3. The van der Waals surface area contributed by atoms with Gasteiger partial charge in [-0.3, -0.25) is 4.79 Å². The molecule has 0 bridgehead atoms. The van der Waals surface area contributed by atoms with Gasteiger partial charge in [-0.05, 0) is 32.4 Å². The largest absolute Gasteiger partial charge is 0.391 e. The molecule has 0 spiro atoms. The monoisotopic (exact) mass is 226 g/mol. The third-order valence-corrected chi connectivity index (χ3v) is 3.61. The van der Waals surface area contributed by atoms with Crippen LogP contribution in [0.3, 0.4) is 0 Å². The molecule has 0 radical (unpaired) electrons. The van der Waals surface area contributed by atoms with E-state index in [-0.39, 0.29) is 12.0 Å². The zero-order chi connectivity index (χ0) is 11.4. The molecule has 2 aliphatic rings. The van der Waals surface area contributed by atoms with Gasteiger partial charge in [-0.15, -0.1) is 0 Å². The number of aliphatic hydroxyl groups is 1. The summed E-state index contributed by atoms with van der Waals surface area (Å²) in [6.45, 7) is 4.47. The molecule has 1 atom stereocenters. The van der Waals surface area contributed by atoms with Crippen LogP contribution in [0.4, 0.5) is 0 Å². The SMILES string of the molecule is O=C(CCN1CCCCC1)N1CCC(O)C1. The number of hydrogen-bond donors (Lipinski definition) is 1. The second kappa shape index (κ2) is 5.64. The summed E-state index contributed by atoms with van der Waals surface area (Å²) in [4.78, 5) is 16.0. The third kappa shape index (κ3) is 3.19. The van der Waals surface area contributed by atoms with E-state index in [0.717, 1.165) is 32.6 Å². The van der Waals surface area contributed by atoms with Crippen LogP contribution in [0.1, 0.15) is 32.1 Å². The highest BCUT2D eigenvalue weighted by molar-refractivity contribution is 5.76. The molecule has 4 nitrogen and oxygen atoms in total. The number of β-amino-alcohol motifs (C(OH)–C–C–N with tert-alkyl or cyclic N) is 1. The van der Waals surface area contributed by atoms with Gasteiger partial charge in [-0.1, -0.05) is 6.42 Å². The van der Waals surface area contributed by atoms with Crippen molar-refractivity contribution in [2.75, 3.05) is 32.7 Å². The summed E-state index contributed by atoms with van der Waals surface area (Å²) in [7, 11) is 0. The summed E-state index contributed by atoms with van der Waals surface area (Å²) in [5, 5.41) is 9.36. The van der Waals surface area contributed by atoms with E-state index in [9.17, 15) is 9.90 Å². The minimum atomic E-state index is -0.293. The molecule has 0 aromatic heterocycles. The van der Waals surface area contributed by atoms with Crippen LogP contribution in [0.25, 0.3) is 0 Å². The van der Waals surface area contributed by atoms with Gasteiger partial charge in [0.2, 0.25) is 5.91 Å². The number of aliphatic hydroxyl groups excluding tert-OH is 1. The lowest BCUT2D eigenvalue weighted by atomic mass is 10.1. The quantitative estimate of drug-likeness (QED) is 0.760. The van der Waals surface area contributed by atoms with Crippen LogP contribution < -0.4 is 0 Å². The summed E-state index contributed by atoms with van der Waals surface area (Å²) in [5.74, 6) is 0.210. The van der Waals surface area contributed by atoms with Gasteiger partial charge in [0.15, 0.2) is 0 Å². The Hall–Kier alpha value is -0.610. The maximum Gasteiger partial charge on any atom is 0.223 e. The highest BCUT2D eigenvalue weighted by Crippen LogP contribution is 2.12. The van der Waals surface area contributed by atoms with Crippen molar-refractivity contribution in [1.29, 1.82) is 0 Å². The zero-order valence-corrected chi connectivity index (χ0v) is 9.90. The normalized spacial score (nSPS) is 27.3. The molecule has 1 N–H and O–H groups in total. The fourth-order valence-corrected chi connectivity index (χ4v) is 2.56. The fourth-order valence-electron chi connectivity index (χ4n) is 2.56. The molecule has 1 amide bonds. The molecule has 0 saturated carbocycles. The van der Waals surface area contributed by atoms with Crippen molar-refractivity contribution < 1.29 is 9.90 Å². The molecule has 92 valence electrons. The minimum absolute atomic E-state index is 0.210. The van der Waals surface area contributed by atoms with Gasteiger partial charge in [0.25, 0.3) is 0 Å². The van der Waals surface area contributed by atoms with E-state index in [0.29, 0.717) is 13.0 Å². The lowest BCUT2D eigenvalue weighted by molar-refractivity contribution is -0.130. The first-order valence-electron chi connectivity index (χ1n) is 6.44. The first-order chi connectivity index (χ1) is 7.75. The van der Waals surface area contributed by atoms with E-state index < -0.39 is 0 Å². The summed E-state index contributed by atoms with van der Waals surface area (Å²) in [6.07, 6.45) is 4.96. The molecule has 2 rings (SSSR count). The van der Waals surface area contributed by atoms with Crippen LogP contribution in [0.15, 0.2) is 0 Å². The molecule has 0 aliphatic carbocycles. The Morgan fingerprint density at radius 3 is 2.56 bits per heavy atom. The molecule has 2 saturated heterocycles. The molecule has 16 heavy (non-hydrogen) atoms. The standard InChI is InChI=1S/C12H22N2O2/c15-11-4-9-14(10-11)12(16)5-8-13-6-2-1-3-7-13/h11,15H,1-10H2. The van der Waals surface area contributed by atoms with Gasteiger partial charge < -0.3 is 14.9 Å². The molecule has 2 heterocycles. The fraction of sp³-hybridized carbons (Fsp3) is 0.917. The predicted molar refractivity (Wildman–Crippen MR) is 62.1 cm³/mol. The number of carbonyl (C=O) groups is 1. The smallest absolute Gasteiger partial charge is 0.223 e. The molecule has 2 fully saturated rings. The third-order valence-electron chi connectivity index (χ3n) is 3.61. The second-order valence-electron chi connectivity index (χ2n) is 4.93. The highest BCUT2D eigenvalue weighted by atomic mass is 16.3. The number of likely N-dealkylation sites (tertiary alicyclic amines) is 2. The predicted octanol–water partition coefficient (Wildman–Crippen LogP) is 0.456. The Kier molecular flexibility index (Phi) is 4.18. The van der Waals surface area contributed by atoms with E-state index in [1.54, 1.807) is 4.90 Å². The summed E-state index contributed by atoms with van der Waals surface area (Å²) >= 11 is 0. The average molecular weight is 226 g/mol. The number of rotatable bonds is 3. The minimum Gasteiger partial charge on any atom is -0.391 e. The zero-order valence-electron chi connectivity index (χ0n) is 9.90. The van der Waals surface area contributed by atoms with Gasteiger partial charge in [-0.25, -0.2) is 0 Å². The van der Waals surface area contributed by atoms with Crippen molar-refractivity contribution in [2.45, 2.75) is 38.2 Å². The Morgan fingerprint density at radius 1 is 1.19 bits per heavy atom. The Balaban J connectivity index is 1.67. The van der Waals surface area contributed by atoms with Crippen LogP contribution >= 0.6 is 0 Å². The summed E-state index contributed by atoms with van der Waals surface area (Å²) in [5.41, 5.74) is 0. The van der Waals surface area contributed by atoms with Crippen molar-refractivity contribution in [3.8, 4) is 0 Å². The van der Waals surface area contributed by atoms with Crippen LogP contribution in [-0.4, -0.2) is 59.6 Å². The van der Waals surface area contributed by atoms with Crippen LogP contribution in [0.2, 0.25) is 0 Å². The van der Waals surface area contributed by atoms with Gasteiger partial charge >= 0.3 is 0 Å². The van der Waals surface area contributed by atoms with Gasteiger partial charge in [0, 0.05) is 26.1 Å². The molecular weight excluding hydrogens is 204 g/mol. The molecular formula is C12H22N2O2. The second-order valence-corrected chi connectivity index (χ2v) is 4.93. The first-order valence-corrected chi connectivity index (χ1v) is 6.44. The number of amides is 1. The maximum absolute atomic E-state index is 11.8. The van der Waals surface area contributed by atoms with Crippen molar-refractivity contribution in [3.63, 3.8) is 0 Å². The van der Waals surface area contributed by atoms with Crippen LogP contribution in [0.5, 0.6) is 0 Å². The van der Waals surface area contributed by atoms with Crippen molar-refractivity contribution >= 4 is 5.91 Å². The van der Waals surface area contributed by atoms with Crippen LogP contribution in [-0.2, 0) is 4.79 Å². The summed E-state index contributed by atoms with van der Waals surface area (Å²) in [6, 6.07) is 0. The van der Waals surface area contributed by atoms with E-state index in [1.807, 2.05) is 0 Å². The number of nitrogens with zero attached hydrogens (tertiary/aromatic N) is 2. The van der Waals surface area contributed by atoms with E-state index in [1.165, 1.54) is 19.3 Å². The van der Waals surface area contributed by atoms with Gasteiger partial charge in [-0.2, -0.15) is 0 Å². The van der Waals surface area contributed by atoms with E-state index in [4.69, 9.17) is 0 Å². The van der Waals surface area contributed by atoms with E-state index in [2.05, 4.69) is 4.90 Å². The van der Waals surface area contributed by atoms with Gasteiger partial charge in [0.1, 0.15) is 0 Å². The molecule has 0 aromatic rings. The molecule has 0 aromatic carbocycles. The lowest BCUT2D eigenvalue weighted by Gasteiger charge is -2.26. The van der Waals surface area contributed by atoms with Crippen molar-refractivity contribution in [3.05, 3.63) is 0 Å². The Labute approximate surface area is 97.2 Å². The average Bonchev–Trinajstić information content (AvgIpc) is 2.74. The van der Waals surface area contributed by atoms with Crippen LogP contribution in [0, 0.1) is 0 Å². The molecule has 2 aliphatic heterocycles. The van der Waals surface area contributed by atoms with E-state index >= 15 is 0 Å². The lowest BCUT2D eigenvalue weighted by Crippen LogP contribution is -2.35. The number of carbonyl (C=O) groups excluding carboxylic acids is 1. The molecule has 1 unspecified atom stereocenters. The maximum atomic E-state index is 11.8. The Bertz CT molecular complexity index is 239. The molecule has 4 heteroatoms. The number of piperidine rings is 1. The highest BCUT2D eigenvalue weighted by Gasteiger charge is 2.24. The Morgan fingerprint density at radius 2 is 1.94 bits per heavy atom. The van der Waals surface area contributed by atoms with Crippen molar-refractivity contribution in [2.24, 2.45) is 0 Å². The topological polar surface area (TPSA) is 43.8 Å². The summed E-state index contributed by atoms with van der Waals surface area (Å²) < 4.78 is 0.